The molecule has 13 atom stereocenters. The van der Waals surface area contributed by atoms with Gasteiger partial charge in [-0.15, -0.1) is 0 Å². The van der Waals surface area contributed by atoms with Gasteiger partial charge in [-0.05, 0) is 19.9 Å². The highest BCUT2D eigenvalue weighted by atomic mass is 16.7. The van der Waals surface area contributed by atoms with Crippen LogP contribution in [0.3, 0.4) is 0 Å². The van der Waals surface area contributed by atoms with Crippen LogP contribution >= 0.6 is 0 Å². The molecule has 0 aromatic heterocycles. The quantitative estimate of drug-likeness (QED) is 0.140. The SMILES string of the molecule is CC1C/C=C/C=C/C=C/C=C/C(OC2O[C@H](C)C(O)C[C@@H]2O)CC2OC(O)(CC(O)CC3OC3/C=C/C(=O)O1)CC(O)C2C.NC=O. The molecule has 13 nitrogen and oxygen atoms in total. The molecular formula is C34H51NO12. The van der Waals surface area contributed by atoms with Crippen LogP contribution in [0.5, 0.6) is 0 Å². The van der Waals surface area contributed by atoms with Crippen molar-refractivity contribution < 1.29 is 58.8 Å². The Morgan fingerprint density at radius 1 is 0.872 bits per heavy atom. The van der Waals surface area contributed by atoms with Crippen LogP contribution in [0.15, 0.2) is 60.8 Å². The molecule has 3 saturated heterocycles. The lowest BCUT2D eigenvalue weighted by atomic mass is 9.84. The first kappa shape index (κ1) is 38.7. The third-order valence-electron chi connectivity index (χ3n) is 8.46. The van der Waals surface area contributed by atoms with E-state index in [4.69, 9.17) is 28.5 Å². The fourth-order valence-electron chi connectivity index (χ4n) is 5.73. The number of fused-ring (bicyclic) bond motifs is 3. The highest BCUT2D eigenvalue weighted by molar-refractivity contribution is 5.82. The van der Waals surface area contributed by atoms with E-state index in [1.165, 1.54) is 6.08 Å². The van der Waals surface area contributed by atoms with Crippen LogP contribution in [-0.4, -0.2) is 111 Å². The number of epoxide rings is 1. The second-order valence-electron chi connectivity index (χ2n) is 12.5. The van der Waals surface area contributed by atoms with Crippen LogP contribution in [0, 0.1) is 5.92 Å². The highest BCUT2D eigenvalue weighted by Crippen LogP contribution is 2.38. The zero-order chi connectivity index (χ0) is 34.6. The van der Waals surface area contributed by atoms with Gasteiger partial charge in [-0.25, -0.2) is 4.79 Å². The monoisotopic (exact) mass is 665 g/mol. The van der Waals surface area contributed by atoms with E-state index >= 15 is 0 Å². The van der Waals surface area contributed by atoms with Gasteiger partial charge in [0, 0.05) is 50.5 Å². The van der Waals surface area contributed by atoms with Crippen molar-refractivity contribution in [3.05, 3.63) is 60.8 Å². The molecule has 0 aromatic rings. The number of carbonyl (C=O) groups excluding carboxylic acids is 2. The molecule has 4 aliphatic heterocycles. The summed E-state index contributed by atoms with van der Waals surface area (Å²) in [5, 5.41) is 53.7. The van der Waals surface area contributed by atoms with Crippen molar-refractivity contribution in [2.45, 2.75) is 132 Å². The standard InChI is InChI=1S/C33H48O11.CH3NO/c1-20-11-9-7-5-4-6-8-10-12-24(42-32-26(36)17-25(35)22(3)41-32)16-29-21(2)27(37)19-33(39,44-29)18-23(34)15-30-28(43-30)13-14-31(38)40-20;2-1-3/h4-10,12-14,20-30,32,34-37,39H,11,15-19H2,1-3H3;1H,(H2,2,3)/b5-4+,8-6+,9-7+,12-10+,14-13+;/t20?,21?,22-,23?,24?,25?,26+,27?,28?,29?,30?,32?,33?;/m1./s1. The normalized spacial score (nSPS) is 45.2. The van der Waals surface area contributed by atoms with E-state index in [0.717, 1.165) is 0 Å². The number of carbonyl (C=O) groups is 2. The van der Waals surface area contributed by atoms with E-state index in [2.05, 4.69) is 5.73 Å². The number of primary amides is 1. The second kappa shape index (κ2) is 18.7. The number of cyclic esters (lactones) is 1. The topological polar surface area (TPSA) is 211 Å². The maximum Gasteiger partial charge on any atom is 0.330 e. The number of rotatable bonds is 2. The Balaban J connectivity index is 0.00000192. The number of nitrogens with two attached hydrogens (primary N) is 1. The van der Waals surface area contributed by atoms with Gasteiger partial charge in [0.05, 0.1) is 42.7 Å². The van der Waals surface area contributed by atoms with E-state index < -0.39 is 60.8 Å². The number of ether oxygens (including phenoxy) is 5. The van der Waals surface area contributed by atoms with Crippen molar-refractivity contribution in [3.8, 4) is 0 Å². The van der Waals surface area contributed by atoms with Gasteiger partial charge in [-0.1, -0.05) is 55.5 Å². The van der Waals surface area contributed by atoms with Crippen molar-refractivity contribution in [1.29, 1.82) is 0 Å². The zero-order valence-corrected chi connectivity index (χ0v) is 27.2. The van der Waals surface area contributed by atoms with Crippen molar-refractivity contribution in [3.63, 3.8) is 0 Å². The summed E-state index contributed by atoms with van der Waals surface area (Å²) in [4.78, 5) is 20.7. The fraction of sp³-hybridized carbons (Fsp3) is 0.647. The summed E-state index contributed by atoms with van der Waals surface area (Å²) in [7, 11) is 0. The Morgan fingerprint density at radius 2 is 1.55 bits per heavy atom. The molecule has 4 aliphatic rings. The number of hydrogen-bond donors (Lipinski definition) is 6. The van der Waals surface area contributed by atoms with Crippen molar-refractivity contribution in [1.82, 2.24) is 0 Å². The summed E-state index contributed by atoms with van der Waals surface area (Å²) in [6, 6.07) is 0. The molecule has 2 bridgehead atoms. The number of hydrogen-bond acceptors (Lipinski definition) is 12. The molecule has 3 fully saturated rings. The van der Waals surface area contributed by atoms with Crippen molar-refractivity contribution >= 4 is 12.4 Å². The first-order chi connectivity index (χ1) is 22.3. The Labute approximate surface area is 276 Å². The number of allylic oxidation sites excluding steroid dienone is 6. The van der Waals surface area contributed by atoms with E-state index in [1.807, 2.05) is 37.3 Å². The molecule has 11 unspecified atom stereocenters. The largest absolute Gasteiger partial charge is 0.459 e. The van der Waals surface area contributed by atoms with Gasteiger partial charge in [0.2, 0.25) is 6.41 Å². The maximum atomic E-state index is 12.1. The molecule has 13 heteroatoms. The van der Waals surface area contributed by atoms with Gasteiger partial charge in [0.25, 0.3) is 0 Å². The molecule has 4 rings (SSSR count). The van der Waals surface area contributed by atoms with Crippen LogP contribution in [0.4, 0.5) is 0 Å². The summed E-state index contributed by atoms with van der Waals surface area (Å²) in [5.74, 6) is -2.63. The van der Waals surface area contributed by atoms with Crippen molar-refractivity contribution in [2.75, 3.05) is 0 Å². The lowest BCUT2D eigenvalue weighted by Crippen LogP contribution is -2.53. The molecule has 264 valence electrons. The molecule has 0 aromatic carbocycles. The second-order valence-corrected chi connectivity index (χ2v) is 12.5. The van der Waals surface area contributed by atoms with Crippen LogP contribution in [0.25, 0.3) is 0 Å². The number of amides is 1. The summed E-state index contributed by atoms with van der Waals surface area (Å²) in [6.07, 6.45) is 11.1. The van der Waals surface area contributed by atoms with Crippen LogP contribution < -0.4 is 5.73 Å². The first-order valence-corrected chi connectivity index (χ1v) is 16.1. The van der Waals surface area contributed by atoms with Crippen LogP contribution in [0.2, 0.25) is 0 Å². The smallest absolute Gasteiger partial charge is 0.330 e. The van der Waals surface area contributed by atoms with Crippen LogP contribution in [-0.2, 0) is 33.3 Å². The Hall–Kier alpha value is -2.72. The van der Waals surface area contributed by atoms with Crippen LogP contribution in [0.1, 0.15) is 59.3 Å². The van der Waals surface area contributed by atoms with Gasteiger partial charge in [-0.3, -0.25) is 4.79 Å². The average Bonchev–Trinajstić information content (AvgIpc) is 3.73. The van der Waals surface area contributed by atoms with Crippen molar-refractivity contribution in [2.24, 2.45) is 11.7 Å². The summed E-state index contributed by atoms with van der Waals surface area (Å²) < 4.78 is 29.0. The van der Waals surface area contributed by atoms with Gasteiger partial charge in [-0.2, -0.15) is 0 Å². The minimum absolute atomic E-state index is 0.0780. The Bertz CT molecular complexity index is 1140. The number of aliphatic hydroxyl groups is 5. The molecule has 1 amide bonds. The maximum absolute atomic E-state index is 12.1. The number of aliphatic hydroxyl groups excluding tert-OH is 4. The minimum atomic E-state index is -1.80. The highest BCUT2D eigenvalue weighted by Gasteiger charge is 2.47. The molecule has 47 heavy (non-hydrogen) atoms. The minimum Gasteiger partial charge on any atom is -0.459 e. The fourth-order valence-corrected chi connectivity index (χ4v) is 5.73. The van der Waals surface area contributed by atoms with E-state index in [0.29, 0.717) is 6.42 Å². The molecule has 4 heterocycles. The molecule has 0 aliphatic carbocycles. The van der Waals surface area contributed by atoms with Gasteiger partial charge >= 0.3 is 5.97 Å². The molecule has 7 N–H and O–H groups in total. The summed E-state index contributed by atoms with van der Waals surface area (Å²) >= 11 is 0. The van der Waals surface area contributed by atoms with E-state index in [9.17, 15) is 30.3 Å². The van der Waals surface area contributed by atoms with Gasteiger partial charge in [0.15, 0.2) is 12.1 Å². The lowest BCUT2D eigenvalue weighted by Gasteiger charge is -2.45. The zero-order valence-electron chi connectivity index (χ0n) is 27.2. The molecule has 0 radical (unpaired) electrons. The average molecular weight is 666 g/mol. The molecule has 0 spiro atoms. The van der Waals surface area contributed by atoms with E-state index in [1.54, 1.807) is 38.2 Å². The Kier molecular flexibility index (Phi) is 15.4. The van der Waals surface area contributed by atoms with Gasteiger partial charge in [0.1, 0.15) is 18.3 Å². The molecular weight excluding hydrogens is 614 g/mol. The predicted molar refractivity (Wildman–Crippen MR) is 170 cm³/mol. The molecule has 0 saturated carbocycles. The Morgan fingerprint density at radius 3 is 2.28 bits per heavy atom. The lowest BCUT2D eigenvalue weighted by molar-refractivity contribution is -0.307. The third-order valence-corrected chi connectivity index (χ3v) is 8.46. The first-order valence-electron chi connectivity index (χ1n) is 16.1. The number of esters is 1. The summed E-state index contributed by atoms with van der Waals surface area (Å²) in [5.41, 5.74) is 4.17. The predicted octanol–water partition coefficient (Wildman–Crippen LogP) is 1.22. The summed E-state index contributed by atoms with van der Waals surface area (Å²) in [6.45, 7) is 5.34. The van der Waals surface area contributed by atoms with Gasteiger partial charge < -0.3 is 55.0 Å². The third kappa shape index (κ3) is 13.0. The van der Waals surface area contributed by atoms with E-state index in [-0.39, 0.29) is 62.7 Å².